The molecule has 1 saturated heterocycles. The van der Waals surface area contributed by atoms with Gasteiger partial charge in [0.05, 0.1) is 32.3 Å². The van der Waals surface area contributed by atoms with Crippen LogP contribution in [0.1, 0.15) is 24.3 Å². The third kappa shape index (κ3) is 3.66. The summed E-state index contributed by atoms with van der Waals surface area (Å²) in [6.07, 6.45) is 3.28. The predicted molar refractivity (Wildman–Crippen MR) is 91.5 cm³/mol. The molecule has 0 unspecified atom stereocenters. The number of nitrogens with one attached hydrogen (secondary N) is 2. The fourth-order valence-corrected chi connectivity index (χ4v) is 3.07. The molecule has 128 valence electrons. The van der Waals surface area contributed by atoms with E-state index in [1.54, 1.807) is 12.5 Å². The third-order valence-electron chi connectivity index (χ3n) is 4.65. The maximum atomic E-state index is 12.6. The van der Waals surface area contributed by atoms with Crippen LogP contribution in [-0.4, -0.2) is 53.8 Å². The average Bonchev–Trinajstić information content (AvgIpc) is 3.11. The first-order valence-electron chi connectivity index (χ1n) is 8.37. The topological polar surface area (TPSA) is 60.6 Å². The minimum absolute atomic E-state index is 0.0307. The molecule has 0 bridgehead atoms. The SMILES string of the molecule is CC(C)(CNC(=O)c1cncn1-c1ccccc1)[NH+]1CCOCC1. The van der Waals surface area contributed by atoms with Crippen LogP contribution >= 0.6 is 0 Å². The molecule has 1 aliphatic heterocycles. The van der Waals surface area contributed by atoms with Gasteiger partial charge in [-0.05, 0) is 26.0 Å². The summed E-state index contributed by atoms with van der Waals surface area (Å²) >= 11 is 0. The zero-order chi connectivity index (χ0) is 17.0. The van der Waals surface area contributed by atoms with Crippen molar-refractivity contribution in [3.05, 3.63) is 48.5 Å². The first-order valence-corrected chi connectivity index (χ1v) is 8.37. The molecule has 24 heavy (non-hydrogen) atoms. The van der Waals surface area contributed by atoms with Crippen molar-refractivity contribution in [1.82, 2.24) is 14.9 Å². The second-order valence-corrected chi connectivity index (χ2v) is 6.77. The molecule has 1 aromatic carbocycles. The number of amides is 1. The second-order valence-electron chi connectivity index (χ2n) is 6.77. The number of carbonyl (C=O) groups excluding carboxylic acids is 1. The lowest BCUT2D eigenvalue weighted by molar-refractivity contribution is -0.954. The summed E-state index contributed by atoms with van der Waals surface area (Å²) < 4.78 is 7.23. The van der Waals surface area contributed by atoms with E-state index in [9.17, 15) is 4.79 Å². The Morgan fingerprint density at radius 3 is 2.71 bits per heavy atom. The molecule has 2 N–H and O–H groups in total. The number of para-hydroxylation sites is 1. The number of nitrogens with zero attached hydrogens (tertiary/aromatic N) is 2. The van der Waals surface area contributed by atoms with Gasteiger partial charge in [-0.2, -0.15) is 0 Å². The van der Waals surface area contributed by atoms with Crippen LogP contribution in [0.4, 0.5) is 0 Å². The summed E-state index contributed by atoms with van der Waals surface area (Å²) in [5, 5.41) is 3.07. The van der Waals surface area contributed by atoms with Crippen LogP contribution in [0.2, 0.25) is 0 Å². The maximum absolute atomic E-state index is 12.6. The molecular weight excluding hydrogens is 304 g/mol. The second kappa shape index (κ2) is 7.15. The molecule has 0 spiro atoms. The summed E-state index contributed by atoms with van der Waals surface area (Å²) in [4.78, 5) is 18.2. The fraction of sp³-hybridized carbons (Fsp3) is 0.444. The van der Waals surface area contributed by atoms with Gasteiger partial charge in [0.1, 0.15) is 24.3 Å². The number of aromatic nitrogens is 2. The Labute approximate surface area is 142 Å². The van der Waals surface area contributed by atoms with Crippen molar-refractivity contribution < 1.29 is 14.4 Å². The Morgan fingerprint density at radius 1 is 1.29 bits per heavy atom. The van der Waals surface area contributed by atoms with Gasteiger partial charge >= 0.3 is 0 Å². The minimum atomic E-state index is -0.0999. The quantitative estimate of drug-likeness (QED) is 0.829. The van der Waals surface area contributed by atoms with Crippen LogP contribution in [0.5, 0.6) is 0 Å². The van der Waals surface area contributed by atoms with E-state index < -0.39 is 0 Å². The number of hydrogen-bond donors (Lipinski definition) is 2. The Balaban J connectivity index is 1.67. The molecule has 0 aliphatic carbocycles. The first kappa shape index (κ1) is 16.7. The summed E-state index contributed by atoms with van der Waals surface area (Å²) in [6.45, 7) is 8.50. The summed E-state index contributed by atoms with van der Waals surface area (Å²) in [7, 11) is 0. The smallest absolute Gasteiger partial charge is 0.270 e. The highest BCUT2D eigenvalue weighted by atomic mass is 16.5. The zero-order valence-corrected chi connectivity index (χ0v) is 14.3. The molecule has 2 heterocycles. The van der Waals surface area contributed by atoms with Gasteiger partial charge in [-0.15, -0.1) is 0 Å². The van der Waals surface area contributed by atoms with Crippen LogP contribution in [0.15, 0.2) is 42.9 Å². The molecule has 6 heteroatoms. The minimum Gasteiger partial charge on any atom is -0.370 e. The van der Waals surface area contributed by atoms with Gasteiger partial charge in [-0.1, -0.05) is 18.2 Å². The van der Waals surface area contributed by atoms with Crippen molar-refractivity contribution in [2.75, 3.05) is 32.8 Å². The maximum Gasteiger partial charge on any atom is 0.270 e. The van der Waals surface area contributed by atoms with E-state index in [4.69, 9.17) is 4.74 Å². The van der Waals surface area contributed by atoms with E-state index in [0.29, 0.717) is 12.2 Å². The van der Waals surface area contributed by atoms with Crippen LogP contribution in [0.3, 0.4) is 0 Å². The lowest BCUT2D eigenvalue weighted by atomic mass is 10.0. The van der Waals surface area contributed by atoms with Crippen molar-refractivity contribution >= 4 is 5.91 Å². The standard InChI is InChI=1S/C18H24N4O2/c1-18(2,21-8-10-24-11-9-21)13-20-17(23)16-12-19-14-22(16)15-6-4-3-5-7-15/h3-7,12,14H,8-11,13H2,1-2H3,(H,20,23)/p+1. The van der Waals surface area contributed by atoms with Crippen molar-refractivity contribution in [1.29, 1.82) is 0 Å². The van der Waals surface area contributed by atoms with E-state index >= 15 is 0 Å². The van der Waals surface area contributed by atoms with Crippen molar-refractivity contribution in [3.8, 4) is 5.69 Å². The largest absolute Gasteiger partial charge is 0.370 e. The normalized spacial score (nSPS) is 16.1. The molecule has 1 aliphatic rings. The van der Waals surface area contributed by atoms with Gasteiger partial charge in [-0.25, -0.2) is 4.98 Å². The number of benzene rings is 1. The van der Waals surface area contributed by atoms with E-state index in [-0.39, 0.29) is 11.4 Å². The van der Waals surface area contributed by atoms with E-state index in [2.05, 4.69) is 24.1 Å². The Bertz CT molecular complexity index is 675. The number of imidazole rings is 1. The molecule has 3 rings (SSSR count). The number of quaternary nitrogens is 1. The van der Waals surface area contributed by atoms with Crippen molar-refractivity contribution in [2.24, 2.45) is 0 Å². The van der Waals surface area contributed by atoms with Crippen LogP contribution in [-0.2, 0) is 4.74 Å². The predicted octanol–water partition coefficient (Wildman–Crippen LogP) is 0.296. The van der Waals surface area contributed by atoms with Crippen molar-refractivity contribution in [2.45, 2.75) is 19.4 Å². The van der Waals surface area contributed by atoms with Gasteiger partial charge in [0.25, 0.3) is 5.91 Å². The van der Waals surface area contributed by atoms with E-state index in [1.165, 1.54) is 4.90 Å². The molecule has 1 aromatic heterocycles. The summed E-state index contributed by atoms with van der Waals surface area (Å²) in [5.41, 5.74) is 1.45. The monoisotopic (exact) mass is 329 g/mol. The van der Waals surface area contributed by atoms with E-state index in [0.717, 1.165) is 32.0 Å². The number of morpholine rings is 1. The lowest BCUT2D eigenvalue weighted by Gasteiger charge is -2.37. The van der Waals surface area contributed by atoms with Crippen molar-refractivity contribution in [3.63, 3.8) is 0 Å². The highest BCUT2D eigenvalue weighted by molar-refractivity contribution is 5.93. The van der Waals surface area contributed by atoms with Gasteiger partial charge < -0.3 is 15.0 Å². The molecule has 2 aromatic rings. The molecule has 0 atom stereocenters. The van der Waals surface area contributed by atoms with Gasteiger partial charge in [-0.3, -0.25) is 9.36 Å². The third-order valence-corrected chi connectivity index (χ3v) is 4.65. The van der Waals surface area contributed by atoms with Crippen LogP contribution in [0.25, 0.3) is 5.69 Å². The average molecular weight is 329 g/mol. The number of hydrogen-bond acceptors (Lipinski definition) is 3. The molecule has 0 radical (unpaired) electrons. The van der Waals surface area contributed by atoms with Crippen LogP contribution < -0.4 is 10.2 Å². The number of ether oxygens (including phenoxy) is 1. The molecule has 0 saturated carbocycles. The van der Waals surface area contributed by atoms with Gasteiger partial charge in [0.15, 0.2) is 0 Å². The summed E-state index contributed by atoms with van der Waals surface area (Å²) in [6, 6.07) is 9.76. The zero-order valence-electron chi connectivity index (χ0n) is 14.3. The fourth-order valence-electron chi connectivity index (χ4n) is 3.07. The van der Waals surface area contributed by atoms with Gasteiger partial charge in [0.2, 0.25) is 0 Å². The lowest BCUT2D eigenvalue weighted by Crippen LogP contribution is -3.22. The van der Waals surface area contributed by atoms with Crippen LogP contribution in [0, 0.1) is 0 Å². The molecular formula is C18H25N4O2+. The Morgan fingerprint density at radius 2 is 2.00 bits per heavy atom. The first-order chi connectivity index (χ1) is 11.6. The molecule has 1 fully saturated rings. The highest BCUT2D eigenvalue weighted by Crippen LogP contribution is 2.10. The molecule has 1 amide bonds. The number of rotatable bonds is 5. The Hall–Kier alpha value is -2.18. The van der Waals surface area contributed by atoms with Gasteiger partial charge in [0, 0.05) is 5.69 Å². The Kier molecular flexibility index (Phi) is 4.97. The highest BCUT2D eigenvalue weighted by Gasteiger charge is 2.32. The summed E-state index contributed by atoms with van der Waals surface area (Å²) in [5.74, 6) is -0.0999. The molecule has 6 nitrogen and oxygen atoms in total. The number of carbonyl (C=O) groups is 1. The van der Waals surface area contributed by atoms with E-state index in [1.807, 2.05) is 34.9 Å².